The van der Waals surface area contributed by atoms with Gasteiger partial charge in [0.2, 0.25) is 0 Å². The van der Waals surface area contributed by atoms with Crippen molar-refractivity contribution in [3.8, 4) is 0 Å². The second-order valence-corrected chi connectivity index (χ2v) is 13.3. The summed E-state index contributed by atoms with van der Waals surface area (Å²) >= 11 is 5.97. The number of benzene rings is 2. The fraction of sp³-hybridized carbons (Fsp3) is 0.500. The van der Waals surface area contributed by atoms with Crippen LogP contribution in [0.2, 0.25) is 5.02 Å². The smallest absolute Gasteiger partial charge is 0.383 e. The number of aldehydes is 1. The van der Waals surface area contributed by atoms with Crippen LogP contribution in [0.5, 0.6) is 0 Å². The number of carbonyl (C=O) groups excluding carboxylic acids is 1. The molecule has 6 rings (SSSR count). The number of aliphatic hydroxyl groups is 1. The molecule has 3 nitrogen and oxygen atoms in total. The predicted molar refractivity (Wildman–Crippen MR) is 156 cm³/mol. The molecule has 0 aromatic heterocycles. The van der Waals surface area contributed by atoms with Gasteiger partial charge in [-0.2, -0.15) is 22.0 Å². The number of rotatable bonds is 6. The van der Waals surface area contributed by atoms with Crippen LogP contribution in [0.3, 0.4) is 0 Å². The maximum absolute atomic E-state index is 15.2. The summed E-state index contributed by atoms with van der Waals surface area (Å²) in [4.78, 5) is 12.0. The van der Waals surface area contributed by atoms with E-state index in [0.717, 1.165) is 58.2 Å². The van der Waals surface area contributed by atoms with E-state index >= 15 is 8.78 Å². The van der Waals surface area contributed by atoms with Crippen molar-refractivity contribution < 1.29 is 31.9 Å². The standard InChI is InChI=1S/C34H35ClF5NO2/c1-31-17-28(21-7-5-20(6-8-21)18-41-24-11-9-23(35)10-12-24)30-26-4-2-3-22(19-42)25(26)13-14-27(30)29(31)15-16-32(31,43)33(36,37)34(38,39)40/h5-12,19,27-29,41,43H,2-4,13-18H2,1H3/t27?,28-,29?,31+,32+/m1/s1. The molecule has 9 heteroatoms. The monoisotopic (exact) mass is 619 g/mol. The summed E-state index contributed by atoms with van der Waals surface area (Å²) in [7, 11) is 0. The minimum absolute atomic E-state index is 0.0265. The zero-order chi connectivity index (χ0) is 30.8. The number of carbonyl (C=O) groups is 1. The fourth-order valence-electron chi connectivity index (χ4n) is 8.74. The molecule has 2 fully saturated rings. The highest BCUT2D eigenvalue weighted by atomic mass is 35.5. The average Bonchev–Trinajstić information content (AvgIpc) is 3.27. The van der Waals surface area contributed by atoms with Crippen LogP contribution in [-0.4, -0.2) is 29.1 Å². The summed E-state index contributed by atoms with van der Waals surface area (Å²) in [5, 5.41) is 15.4. The Kier molecular flexibility index (Phi) is 7.56. The molecule has 0 saturated heterocycles. The van der Waals surface area contributed by atoms with Crippen LogP contribution in [-0.2, 0) is 11.3 Å². The summed E-state index contributed by atoms with van der Waals surface area (Å²) in [6.45, 7) is 1.97. The lowest BCUT2D eigenvalue weighted by Gasteiger charge is -2.56. The lowest BCUT2D eigenvalue weighted by atomic mass is 9.50. The summed E-state index contributed by atoms with van der Waals surface area (Å²) < 4.78 is 71.8. The molecule has 0 aliphatic heterocycles. The Labute approximate surface area is 253 Å². The summed E-state index contributed by atoms with van der Waals surface area (Å²) in [5.74, 6) is -6.45. The third-order valence-electron chi connectivity index (χ3n) is 10.9. The predicted octanol–water partition coefficient (Wildman–Crippen LogP) is 9.17. The third kappa shape index (κ3) is 4.75. The van der Waals surface area contributed by atoms with E-state index < -0.39 is 41.4 Å². The quantitative estimate of drug-likeness (QED) is 0.250. The minimum atomic E-state index is -5.86. The number of halogens is 6. The van der Waals surface area contributed by atoms with Crippen LogP contribution in [0, 0.1) is 17.3 Å². The molecule has 5 atom stereocenters. The van der Waals surface area contributed by atoms with Crippen LogP contribution < -0.4 is 5.32 Å². The van der Waals surface area contributed by atoms with Gasteiger partial charge in [0.05, 0.1) is 0 Å². The van der Waals surface area contributed by atoms with Gasteiger partial charge >= 0.3 is 12.1 Å². The van der Waals surface area contributed by atoms with E-state index in [1.165, 1.54) is 6.92 Å². The Morgan fingerprint density at radius 1 is 0.977 bits per heavy atom. The van der Waals surface area contributed by atoms with Gasteiger partial charge in [-0.1, -0.05) is 48.4 Å². The maximum atomic E-state index is 15.2. The first kappa shape index (κ1) is 30.3. The first-order valence-electron chi connectivity index (χ1n) is 15.0. The Balaban J connectivity index is 1.41. The Hall–Kier alpha value is -2.71. The maximum Gasteiger partial charge on any atom is 0.456 e. The molecule has 4 aliphatic carbocycles. The van der Waals surface area contributed by atoms with E-state index in [0.29, 0.717) is 30.8 Å². The summed E-state index contributed by atoms with van der Waals surface area (Å²) in [6, 6.07) is 15.0. The molecule has 0 amide bonds. The second-order valence-electron chi connectivity index (χ2n) is 12.9. The largest absolute Gasteiger partial charge is 0.456 e. The third-order valence-corrected chi connectivity index (χ3v) is 11.1. The number of hydrogen-bond acceptors (Lipinski definition) is 3. The van der Waals surface area contributed by atoms with Crippen molar-refractivity contribution in [2.24, 2.45) is 17.3 Å². The van der Waals surface area contributed by atoms with E-state index in [9.17, 15) is 23.1 Å². The van der Waals surface area contributed by atoms with Crippen LogP contribution in [0.4, 0.5) is 27.6 Å². The van der Waals surface area contributed by atoms with Crippen LogP contribution in [0.25, 0.3) is 0 Å². The first-order valence-corrected chi connectivity index (χ1v) is 15.3. The van der Waals surface area contributed by atoms with E-state index in [1.54, 1.807) is 12.1 Å². The van der Waals surface area contributed by atoms with Gasteiger partial charge in [-0.15, -0.1) is 0 Å². The SMILES string of the molecule is C[C@]12C[C@H](c3ccc(CNc4ccc(Cl)cc4)cc3)C3=C4CCCC(C=O)=C4CCC3C1CC[C@@]2(O)C(F)(F)C(F)(F)F. The molecule has 230 valence electrons. The molecule has 0 heterocycles. The lowest BCUT2D eigenvalue weighted by molar-refractivity contribution is -0.362. The molecule has 0 radical (unpaired) electrons. The number of allylic oxidation sites excluding steroid dienone is 4. The van der Waals surface area contributed by atoms with Gasteiger partial charge < -0.3 is 10.4 Å². The van der Waals surface area contributed by atoms with Gasteiger partial charge in [-0.3, -0.25) is 4.79 Å². The molecule has 2 aromatic carbocycles. The van der Waals surface area contributed by atoms with Gasteiger partial charge in [-0.25, -0.2) is 0 Å². The van der Waals surface area contributed by atoms with Gasteiger partial charge in [0, 0.05) is 28.6 Å². The first-order chi connectivity index (χ1) is 20.3. The lowest BCUT2D eigenvalue weighted by Crippen LogP contribution is -2.65. The zero-order valence-electron chi connectivity index (χ0n) is 23.9. The van der Waals surface area contributed by atoms with Crippen molar-refractivity contribution in [1.29, 1.82) is 0 Å². The summed E-state index contributed by atoms with van der Waals surface area (Å²) in [6.07, 6.45) is -2.08. The van der Waals surface area contributed by atoms with E-state index in [4.69, 9.17) is 11.6 Å². The molecular weight excluding hydrogens is 585 g/mol. The van der Waals surface area contributed by atoms with E-state index in [-0.39, 0.29) is 18.8 Å². The van der Waals surface area contributed by atoms with Crippen molar-refractivity contribution >= 4 is 23.6 Å². The Bertz CT molecular complexity index is 1470. The molecule has 2 N–H and O–H groups in total. The number of fused-ring (bicyclic) bond motifs is 4. The molecule has 2 aromatic rings. The molecule has 43 heavy (non-hydrogen) atoms. The number of nitrogens with one attached hydrogen (secondary N) is 1. The van der Waals surface area contributed by atoms with E-state index in [2.05, 4.69) is 5.32 Å². The second kappa shape index (κ2) is 10.7. The Morgan fingerprint density at radius 3 is 2.33 bits per heavy atom. The van der Waals surface area contributed by atoms with Gasteiger partial charge in [0.15, 0.2) is 0 Å². The number of alkyl halides is 5. The highest BCUT2D eigenvalue weighted by Crippen LogP contribution is 2.70. The van der Waals surface area contributed by atoms with Crippen LogP contribution in [0.15, 0.2) is 70.8 Å². The van der Waals surface area contributed by atoms with Gasteiger partial charge in [0.25, 0.3) is 0 Å². The normalized spacial score (nSPS) is 30.9. The van der Waals surface area contributed by atoms with E-state index in [1.807, 2.05) is 36.4 Å². The highest BCUT2D eigenvalue weighted by Gasteiger charge is 2.79. The highest BCUT2D eigenvalue weighted by molar-refractivity contribution is 6.30. The van der Waals surface area contributed by atoms with Crippen molar-refractivity contribution in [2.75, 3.05) is 5.32 Å². The van der Waals surface area contributed by atoms with Crippen LogP contribution >= 0.6 is 11.6 Å². The molecule has 0 bridgehead atoms. The molecule has 2 unspecified atom stereocenters. The average molecular weight is 620 g/mol. The van der Waals surface area contributed by atoms with Crippen molar-refractivity contribution in [3.63, 3.8) is 0 Å². The molecule has 2 saturated carbocycles. The zero-order valence-corrected chi connectivity index (χ0v) is 24.7. The molecule has 0 spiro atoms. The van der Waals surface area contributed by atoms with Crippen LogP contribution in [0.1, 0.15) is 75.3 Å². The van der Waals surface area contributed by atoms with Gasteiger partial charge in [-0.05, 0) is 115 Å². The van der Waals surface area contributed by atoms with Gasteiger partial charge in [0.1, 0.15) is 11.9 Å². The summed E-state index contributed by atoms with van der Waals surface area (Å²) in [5.41, 5.74) is 1.78. The fourth-order valence-corrected chi connectivity index (χ4v) is 8.86. The van der Waals surface area contributed by atoms with Crippen molar-refractivity contribution in [3.05, 3.63) is 87.0 Å². The number of hydrogen-bond donors (Lipinski definition) is 2. The molecular formula is C34H35ClF5NO2. The van der Waals surface area contributed by atoms with Crippen molar-refractivity contribution in [2.45, 2.75) is 88.5 Å². The topological polar surface area (TPSA) is 49.3 Å². The van der Waals surface area contributed by atoms with Crippen molar-refractivity contribution in [1.82, 2.24) is 0 Å². The Morgan fingerprint density at radius 2 is 1.67 bits per heavy atom. The minimum Gasteiger partial charge on any atom is -0.383 e. The number of anilines is 1. The molecule has 4 aliphatic rings.